The Labute approximate surface area is 148 Å². The van der Waals surface area contributed by atoms with E-state index in [1.165, 1.54) is 0 Å². The van der Waals surface area contributed by atoms with Crippen molar-refractivity contribution < 1.29 is 9.53 Å². The summed E-state index contributed by atoms with van der Waals surface area (Å²) in [6, 6.07) is 5.22. The number of hydrogen-bond acceptors (Lipinski definition) is 3. The highest BCUT2D eigenvalue weighted by atomic mass is 35.5. The number of likely N-dealkylation sites (tertiary alicyclic amines) is 1. The number of nitrogens with one attached hydrogen (secondary N) is 1. The lowest BCUT2D eigenvalue weighted by molar-refractivity contribution is -0.129. The molecule has 1 aliphatic rings. The molecular formula is C17H24Cl2N2O2. The van der Waals surface area contributed by atoms with Gasteiger partial charge in [-0.2, -0.15) is 0 Å². The maximum atomic E-state index is 12.5. The quantitative estimate of drug-likeness (QED) is 0.841. The molecule has 1 atom stereocenters. The first-order valence-corrected chi connectivity index (χ1v) is 8.93. The summed E-state index contributed by atoms with van der Waals surface area (Å²) in [5, 5.41) is 4.09. The van der Waals surface area contributed by atoms with E-state index in [1.807, 2.05) is 6.92 Å². The first kappa shape index (κ1) is 18.4. The van der Waals surface area contributed by atoms with Crippen LogP contribution >= 0.6 is 23.2 Å². The van der Waals surface area contributed by atoms with Crippen molar-refractivity contribution in [2.24, 2.45) is 0 Å². The first-order valence-electron chi connectivity index (χ1n) is 8.17. The van der Waals surface area contributed by atoms with E-state index in [0.717, 1.165) is 32.5 Å². The fourth-order valence-electron chi connectivity index (χ4n) is 2.73. The summed E-state index contributed by atoms with van der Waals surface area (Å²) in [6.07, 6.45) is 1.97. The predicted octanol–water partition coefficient (Wildman–Crippen LogP) is 3.75. The van der Waals surface area contributed by atoms with E-state index in [1.54, 1.807) is 18.2 Å². The summed E-state index contributed by atoms with van der Waals surface area (Å²) in [5.74, 6) is 0.362. The lowest BCUT2D eigenvalue weighted by Gasteiger charge is -2.32. The van der Waals surface area contributed by atoms with Crippen molar-refractivity contribution in [3.05, 3.63) is 28.2 Å². The Balaban J connectivity index is 1.92. The number of rotatable bonds is 6. The minimum absolute atomic E-state index is 0.0847. The van der Waals surface area contributed by atoms with Gasteiger partial charge in [0.15, 0.2) is 6.10 Å². The summed E-state index contributed by atoms with van der Waals surface area (Å²) < 4.78 is 5.78. The zero-order valence-electron chi connectivity index (χ0n) is 13.6. The Hall–Kier alpha value is -0.970. The third-order valence-corrected chi connectivity index (χ3v) is 4.75. The van der Waals surface area contributed by atoms with Crippen molar-refractivity contribution in [3.8, 4) is 5.75 Å². The van der Waals surface area contributed by atoms with Gasteiger partial charge >= 0.3 is 0 Å². The number of ether oxygens (including phenoxy) is 1. The van der Waals surface area contributed by atoms with Gasteiger partial charge in [-0.3, -0.25) is 4.79 Å². The average molecular weight is 359 g/mol. The van der Waals surface area contributed by atoms with E-state index in [2.05, 4.69) is 17.1 Å². The van der Waals surface area contributed by atoms with E-state index in [-0.39, 0.29) is 11.9 Å². The van der Waals surface area contributed by atoms with Crippen LogP contribution in [0.2, 0.25) is 10.0 Å². The van der Waals surface area contributed by atoms with Gasteiger partial charge in [-0.15, -0.1) is 0 Å². The topological polar surface area (TPSA) is 41.6 Å². The predicted molar refractivity (Wildman–Crippen MR) is 94.4 cm³/mol. The smallest absolute Gasteiger partial charge is 0.261 e. The Morgan fingerprint density at radius 1 is 1.35 bits per heavy atom. The highest BCUT2D eigenvalue weighted by Gasteiger charge is 2.25. The number of benzene rings is 1. The molecule has 0 spiro atoms. The average Bonchev–Trinajstić information content (AvgIpc) is 2.56. The third-order valence-electron chi connectivity index (χ3n) is 4.21. The molecule has 0 aliphatic carbocycles. The van der Waals surface area contributed by atoms with Crippen LogP contribution in [-0.2, 0) is 4.79 Å². The maximum Gasteiger partial charge on any atom is 0.261 e. The van der Waals surface area contributed by atoms with Gasteiger partial charge < -0.3 is 15.0 Å². The highest BCUT2D eigenvalue weighted by molar-refractivity contribution is 6.34. The normalized spacial score (nSPS) is 17.7. The summed E-state index contributed by atoms with van der Waals surface area (Å²) >= 11 is 12.1. The molecule has 23 heavy (non-hydrogen) atoms. The molecule has 4 nitrogen and oxygen atoms in total. The molecule has 128 valence electrons. The molecule has 2 rings (SSSR count). The van der Waals surface area contributed by atoms with Crippen molar-refractivity contribution >= 4 is 29.1 Å². The Bertz CT molecular complexity index is 531. The Morgan fingerprint density at radius 2 is 2.04 bits per heavy atom. The van der Waals surface area contributed by atoms with Gasteiger partial charge in [0.25, 0.3) is 5.91 Å². The van der Waals surface area contributed by atoms with Gasteiger partial charge in [-0.05, 0) is 37.9 Å². The van der Waals surface area contributed by atoms with E-state index in [0.29, 0.717) is 22.2 Å². The number of carbonyl (C=O) groups excluding carboxylic acids is 1. The van der Waals surface area contributed by atoms with E-state index >= 15 is 0 Å². The third kappa shape index (κ3) is 5.27. The largest absolute Gasteiger partial charge is 0.479 e. The minimum atomic E-state index is -0.560. The number of hydrogen-bond donors (Lipinski definition) is 1. The van der Waals surface area contributed by atoms with Crippen molar-refractivity contribution in [2.75, 3.05) is 19.6 Å². The van der Waals surface area contributed by atoms with Crippen LogP contribution in [0.15, 0.2) is 18.2 Å². The van der Waals surface area contributed by atoms with Gasteiger partial charge in [-0.1, -0.05) is 37.0 Å². The lowest BCUT2D eigenvalue weighted by atomic mass is 10.0. The SMILES string of the molecule is CC[C@@H](Oc1cc(Cl)ccc1Cl)C(=O)NC1CCN(CC)CC1. The summed E-state index contributed by atoms with van der Waals surface area (Å²) in [6.45, 7) is 7.20. The van der Waals surface area contributed by atoms with E-state index < -0.39 is 6.10 Å². The van der Waals surface area contributed by atoms with Crippen molar-refractivity contribution in [3.63, 3.8) is 0 Å². The van der Waals surface area contributed by atoms with Gasteiger partial charge in [0.2, 0.25) is 0 Å². The fourth-order valence-corrected chi connectivity index (χ4v) is 3.05. The molecule has 1 amide bonds. The second kappa shape index (κ2) is 8.76. The Kier molecular flexibility index (Phi) is 7.00. The molecule has 1 saturated heterocycles. The van der Waals surface area contributed by atoms with Crippen LogP contribution in [0.5, 0.6) is 5.75 Å². The van der Waals surface area contributed by atoms with Crippen LogP contribution in [0.25, 0.3) is 0 Å². The highest BCUT2D eigenvalue weighted by Crippen LogP contribution is 2.29. The first-order chi connectivity index (χ1) is 11.0. The van der Waals surface area contributed by atoms with Crippen molar-refractivity contribution in [1.29, 1.82) is 0 Å². The molecule has 1 aliphatic heterocycles. The fraction of sp³-hybridized carbons (Fsp3) is 0.588. The number of nitrogens with zero attached hydrogens (tertiary/aromatic N) is 1. The number of amides is 1. The maximum absolute atomic E-state index is 12.5. The molecule has 0 bridgehead atoms. The Morgan fingerprint density at radius 3 is 2.65 bits per heavy atom. The van der Waals surface area contributed by atoms with Crippen LogP contribution in [0.4, 0.5) is 0 Å². The second-order valence-corrected chi connectivity index (χ2v) is 6.65. The van der Waals surface area contributed by atoms with Crippen LogP contribution in [0.3, 0.4) is 0 Å². The van der Waals surface area contributed by atoms with Crippen molar-refractivity contribution in [2.45, 2.75) is 45.3 Å². The zero-order valence-corrected chi connectivity index (χ0v) is 15.2. The summed E-state index contributed by atoms with van der Waals surface area (Å²) in [7, 11) is 0. The van der Waals surface area contributed by atoms with Crippen LogP contribution in [0, 0.1) is 0 Å². The van der Waals surface area contributed by atoms with Crippen LogP contribution in [-0.4, -0.2) is 42.6 Å². The van der Waals surface area contributed by atoms with Gasteiger partial charge in [0.05, 0.1) is 5.02 Å². The molecule has 1 N–H and O–H groups in total. The summed E-state index contributed by atoms with van der Waals surface area (Å²) in [5.41, 5.74) is 0. The molecular weight excluding hydrogens is 335 g/mol. The molecule has 1 aromatic carbocycles. The van der Waals surface area contributed by atoms with E-state index in [4.69, 9.17) is 27.9 Å². The number of carbonyl (C=O) groups is 1. The molecule has 1 fully saturated rings. The lowest BCUT2D eigenvalue weighted by Crippen LogP contribution is -2.48. The molecule has 6 heteroatoms. The molecule has 0 unspecified atom stereocenters. The number of piperidine rings is 1. The minimum Gasteiger partial charge on any atom is -0.479 e. The monoisotopic (exact) mass is 358 g/mol. The van der Waals surface area contributed by atoms with Crippen molar-refractivity contribution in [1.82, 2.24) is 10.2 Å². The van der Waals surface area contributed by atoms with E-state index in [9.17, 15) is 4.79 Å². The second-order valence-electron chi connectivity index (χ2n) is 5.81. The molecule has 1 aromatic rings. The van der Waals surface area contributed by atoms with Gasteiger partial charge in [-0.25, -0.2) is 0 Å². The van der Waals surface area contributed by atoms with Crippen LogP contribution < -0.4 is 10.1 Å². The van der Waals surface area contributed by atoms with Gasteiger partial charge in [0.1, 0.15) is 5.75 Å². The molecule has 1 heterocycles. The van der Waals surface area contributed by atoms with Crippen LogP contribution in [0.1, 0.15) is 33.1 Å². The zero-order chi connectivity index (χ0) is 16.8. The molecule has 0 radical (unpaired) electrons. The van der Waals surface area contributed by atoms with Gasteiger partial charge in [0, 0.05) is 30.2 Å². The summed E-state index contributed by atoms with van der Waals surface area (Å²) in [4.78, 5) is 14.9. The standard InChI is InChI=1S/C17H24Cl2N2O2/c1-3-15(23-16-11-12(18)5-6-14(16)19)17(22)20-13-7-9-21(4-2)10-8-13/h5-6,11,13,15H,3-4,7-10H2,1-2H3,(H,20,22)/t15-/m1/s1. The number of halogens is 2. The molecule has 0 saturated carbocycles. The molecule has 0 aromatic heterocycles.